The van der Waals surface area contributed by atoms with Crippen LogP contribution in [0.4, 0.5) is 17.1 Å². The van der Waals surface area contributed by atoms with E-state index in [-0.39, 0.29) is 17.2 Å². The predicted octanol–water partition coefficient (Wildman–Crippen LogP) is 5.18. The second-order valence-electron chi connectivity index (χ2n) is 7.70. The molecule has 2 amide bonds. The third kappa shape index (κ3) is 5.03. The Kier molecular flexibility index (Phi) is 6.61. The Morgan fingerprint density at radius 3 is 2.50 bits per heavy atom. The van der Waals surface area contributed by atoms with Crippen molar-refractivity contribution in [2.75, 3.05) is 35.0 Å². The van der Waals surface area contributed by atoms with Crippen LogP contribution in [0, 0.1) is 0 Å². The fraction of sp³-hybridized carbons (Fsp3) is 0.154. The number of hydrogen-bond acceptors (Lipinski definition) is 4. The Bertz CT molecular complexity index is 1130. The van der Waals surface area contributed by atoms with Gasteiger partial charge in [-0.2, -0.15) is 0 Å². The van der Waals surface area contributed by atoms with Gasteiger partial charge in [0.15, 0.2) is 0 Å². The average Bonchev–Trinajstić information content (AvgIpc) is 3.20. The molecule has 1 N–H and O–H groups in total. The third-order valence-electron chi connectivity index (χ3n) is 5.18. The normalized spacial score (nSPS) is 15.9. The largest absolute Gasteiger partial charge is 0.378 e. The van der Waals surface area contributed by atoms with Crippen molar-refractivity contribution in [1.82, 2.24) is 0 Å². The van der Waals surface area contributed by atoms with Crippen LogP contribution >= 0.6 is 11.8 Å². The van der Waals surface area contributed by atoms with Crippen molar-refractivity contribution in [2.45, 2.75) is 5.37 Å². The van der Waals surface area contributed by atoms with E-state index in [0.717, 1.165) is 22.5 Å². The molecule has 162 valence electrons. The number of anilines is 3. The van der Waals surface area contributed by atoms with E-state index in [0.29, 0.717) is 11.4 Å². The zero-order valence-corrected chi connectivity index (χ0v) is 18.9. The lowest BCUT2D eigenvalue weighted by Crippen LogP contribution is -2.27. The van der Waals surface area contributed by atoms with E-state index in [9.17, 15) is 9.59 Å². The number of thioether (sulfide) groups is 1. The van der Waals surface area contributed by atoms with Crippen LogP contribution in [0.1, 0.15) is 16.5 Å². The molecule has 0 aromatic heterocycles. The number of benzene rings is 3. The number of rotatable bonds is 6. The summed E-state index contributed by atoms with van der Waals surface area (Å²) in [7, 11) is 3.98. The molecule has 6 heteroatoms. The number of carbonyl (C=O) groups excluding carboxylic acids is 2. The van der Waals surface area contributed by atoms with E-state index in [1.54, 1.807) is 17.8 Å². The van der Waals surface area contributed by atoms with Gasteiger partial charge in [0, 0.05) is 37.2 Å². The number of nitrogens with one attached hydrogen (secondary N) is 1. The van der Waals surface area contributed by atoms with E-state index >= 15 is 0 Å². The van der Waals surface area contributed by atoms with E-state index < -0.39 is 0 Å². The predicted molar refractivity (Wildman–Crippen MR) is 134 cm³/mol. The van der Waals surface area contributed by atoms with Crippen LogP contribution in [0.15, 0.2) is 84.9 Å². The van der Waals surface area contributed by atoms with Gasteiger partial charge in [-0.15, -0.1) is 11.8 Å². The Morgan fingerprint density at radius 1 is 1.03 bits per heavy atom. The van der Waals surface area contributed by atoms with E-state index in [1.807, 2.05) is 103 Å². The summed E-state index contributed by atoms with van der Waals surface area (Å²) in [6.07, 6.45) is 3.30. The highest BCUT2D eigenvalue weighted by Gasteiger charge is 2.34. The van der Waals surface area contributed by atoms with Gasteiger partial charge < -0.3 is 10.2 Å². The van der Waals surface area contributed by atoms with Crippen molar-refractivity contribution in [3.63, 3.8) is 0 Å². The van der Waals surface area contributed by atoms with E-state index in [4.69, 9.17) is 0 Å². The Morgan fingerprint density at radius 2 is 1.78 bits per heavy atom. The van der Waals surface area contributed by atoms with Crippen LogP contribution in [0.3, 0.4) is 0 Å². The van der Waals surface area contributed by atoms with Crippen molar-refractivity contribution in [3.8, 4) is 0 Å². The van der Waals surface area contributed by atoms with Gasteiger partial charge in [-0.25, -0.2) is 0 Å². The van der Waals surface area contributed by atoms with Gasteiger partial charge in [-0.3, -0.25) is 14.5 Å². The number of carbonyl (C=O) groups is 2. The van der Waals surface area contributed by atoms with E-state index in [1.165, 1.54) is 6.08 Å². The van der Waals surface area contributed by atoms with Crippen molar-refractivity contribution in [2.24, 2.45) is 0 Å². The smallest absolute Gasteiger partial charge is 0.248 e. The molecule has 0 spiro atoms. The molecule has 5 nitrogen and oxygen atoms in total. The van der Waals surface area contributed by atoms with Crippen molar-refractivity contribution in [1.29, 1.82) is 0 Å². The van der Waals surface area contributed by atoms with Crippen LogP contribution in [0.5, 0.6) is 0 Å². The first-order valence-electron chi connectivity index (χ1n) is 10.4. The summed E-state index contributed by atoms with van der Waals surface area (Å²) in [5.41, 5.74) is 4.59. The summed E-state index contributed by atoms with van der Waals surface area (Å²) in [4.78, 5) is 28.9. The molecule has 1 heterocycles. The molecule has 0 unspecified atom stereocenters. The minimum Gasteiger partial charge on any atom is -0.378 e. The molecular weight excluding hydrogens is 418 g/mol. The summed E-state index contributed by atoms with van der Waals surface area (Å²) in [5, 5.41) is 2.78. The second kappa shape index (κ2) is 9.75. The highest BCUT2D eigenvalue weighted by atomic mass is 32.2. The van der Waals surface area contributed by atoms with Crippen LogP contribution in [0.2, 0.25) is 0 Å². The summed E-state index contributed by atoms with van der Waals surface area (Å²) < 4.78 is 0. The summed E-state index contributed by atoms with van der Waals surface area (Å²) in [6.45, 7) is 0. The highest BCUT2D eigenvalue weighted by molar-refractivity contribution is 8.00. The minimum atomic E-state index is -0.197. The van der Waals surface area contributed by atoms with Gasteiger partial charge in [-0.1, -0.05) is 42.5 Å². The van der Waals surface area contributed by atoms with Crippen molar-refractivity contribution < 1.29 is 9.59 Å². The van der Waals surface area contributed by atoms with Crippen LogP contribution in [-0.4, -0.2) is 31.7 Å². The Labute approximate surface area is 192 Å². The maximum Gasteiger partial charge on any atom is 0.248 e. The second-order valence-corrected chi connectivity index (χ2v) is 8.77. The topological polar surface area (TPSA) is 52.6 Å². The lowest BCUT2D eigenvalue weighted by molar-refractivity contribution is -0.116. The number of amides is 2. The van der Waals surface area contributed by atoms with Gasteiger partial charge in [0.05, 0.1) is 5.75 Å². The molecule has 0 aliphatic carbocycles. The maximum absolute atomic E-state index is 12.7. The molecule has 4 rings (SSSR count). The average molecular weight is 444 g/mol. The van der Waals surface area contributed by atoms with E-state index in [2.05, 4.69) is 5.32 Å². The molecule has 1 atom stereocenters. The van der Waals surface area contributed by atoms with Crippen LogP contribution in [-0.2, 0) is 9.59 Å². The zero-order valence-electron chi connectivity index (χ0n) is 18.1. The van der Waals surface area contributed by atoms with Gasteiger partial charge in [0.25, 0.3) is 0 Å². The Balaban J connectivity index is 1.50. The molecule has 0 radical (unpaired) electrons. The van der Waals surface area contributed by atoms with Crippen LogP contribution < -0.4 is 15.1 Å². The third-order valence-corrected chi connectivity index (χ3v) is 6.39. The summed E-state index contributed by atoms with van der Waals surface area (Å²) >= 11 is 1.59. The van der Waals surface area contributed by atoms with Crippen LogP contribution in [0.25, 0.3) is 6.08 Å². The standard InChI is InChI=1S/C26H25N3O2S/c1-28(2)22-12-14-23(15-13-22)29-25(31)18-32-26(29)20-9-6-10-21(17-20)27-24(30)16-11-19-7-4-3-5-8-19/h3-17,26H,18H2,1-2H3,(H,27,30)/b16-11+/t26-/m0/s1. The lowest BCUT2D eigenvalue weighted by Gasteiger charge is -2.25. The summed E-state index contributed by atoms with van der Waals surface area (Å²) in [6, 6.07) is 25.4. The molecule has 0 saturated carbocycles. The minimum absolute atomic E-state index is 0.0813. The number of hydrogen-bond donors (Lipinski definition) is 1. The fourth-order valence-corrected chi connectivity index (χ4v) is 4.72. The molecule has 1 aliphatic rings. The lowest BCUT2D eigenvalue weighted by atomic mass is 10.1. The molecule has 1 aliphatic heterocycles. The first-order valence-corrected chi connectivity index (χ1v) is 11.4. The molecule has 1 fully saturated rings. The SMILES string of the molecule is CN(C)c1ccc(N2C(=O)CS[C@H]2c2cccc(NC(=O)/C=C/c3ccccc3)c2)cc1. The number of nitrogens with zero attached hydrogens (tertiary/aromatic N) is 2. The first-order chi connectivity index (χ1) is 15.5. The highest BCUT2D eigenvalue weighted by Crippen LogP contribution is 2.42. The molecule has 0 bridgehead atoms. The van der Waals surface area contributed by atoms with Gasteiger partial charge in [-0.05, 0) is 53.6 Å². The van der Waals surface area contributed by atoms with Gasteiger partial charge >= 0.3 is 0 Å². The quantitative estimate of drug-likeness (QED) is 0.533. The van der Waals surface area contributed by atoms with Gasteiger partial charge in [0.1, 0.15) is 5.37 Å². The molecular formula is C26H25N3O2S. The maximum atomic E-state index is 12.7. The molecule has 1 saturated heterocycles. The van der Waals surface area contributed by atoms with Gasteiger partial charge in [0.2, 0.25) is 11.8 Å². The fourth-order valence-electron chi connectivity index (χ4n) is 3.55. The first kappa shape index (κ1) is 21.7. The molecule has 32 heavy (non-hydrogen) atoms. The summed E-state index contributed by atoms with van der Waals surface area (Å²) in [5.74, 6) is 0.311. The zero-order chi connectivity index (χ0) is 22.5. The molecule has 3 aromatic carbocycles. The molecule has 3 aromatic rings. The van der Waals surface area contributed by atoms with Crippen molar-refractivity contribution in [3.05, 3.63) is 96.1 Å². The Hall–Kier alpha value is -3.51. The van der Waals surface area contributed by atoms with Crippen molar-refractivity contribution >= 4 is 46.7 Å². The monoisotopic (exact) mass is 443 g/mol.